The maximum Gasteiger partial charge on any atom is 0.234 e. The smallest absolute Gasteiger partial charge is 0.234 e. The molecular weight excluding hydrogens is 214 g/mol. The molecule has 0 bridgehead atoms. The van der Waals surface area contributed by atoms with Gasteiger partial charge in [-0.05, 0) is 13.8 Å². The molecule has 0 aliphatic carbocycles. The van der Waals surface area contributed by atoms with Crippen molar-refractivity contribution in [3.8, 4) is 0 Å². The second kappa shape index (κ2) is 3.51. The summed E-state index contributed by atoms with van der Waals surface area (Å²) in [5.41, 5.74) is 5.51. The van der Waals surface area contributed by atoms with Crippen molar-refractivity contribution in [1.82, 2.24) is 19.8 Å². The van der Waals surface area contributed by atoms with Crippen molar-refractivity contribution in [3.05, 3.63) is 10.8 Å². The molecule has 0 atom stereocenters. The van der Waals surface area contributed by atoms with Crippen molar-refractivity contribution < 1.29 is 4.74 Å². The van der Waals surface area contributed by atoms with E-state index >= 15 is 0 Å². The summed E-state index contributed by atoms with van der Waals surface area (Å²) in [6, 6.07) is 0. The fourth-order valence-electron chi connectivity index (χ4n) is 1.14. The van der Waals surface area contributed by atoms with Gasteiger partial charge in [-0.25, -0.2) is 0 Å². The summed E-state index contributed by atoms with van der Waals surface area (Å²) in [4.78, 5) is 0.746. The van der Waals surface area contributed by atoms with Crippen molar-refractivity contribution in [3.63, 3.8) is 0 Å². The molecule has 0 fully saturated rings. The third kappa shape index (κ3) is 1.85. The quantitative estimate of drug-likeness (QED) is 0.827. The largest absolute Gasteiger partial charge is 0.377 e. The van der Waals surface area contributed by atoms with E-state index in [0.29, 0.717) is 12.4 Å². The van der Waals surface area contributed by atoms with Gasteiger partial charge in [-0.3, -0.25) is 0 Å². The van der Waals surface area contributed by atoms with Crippen LogP contribution in [0.25, 0.3) is 4.96 Å². The predicted octanol–water partition coefficient (Wildman–Crippen LogP) is 0.526. The van der Waals surface area contributed by atoms with Gasteiger partial charge in [0.05, 0.1) is 5.54 Å². The number of hydrogen-bond donors (Lipinski definition) is 1. The van der Waals surface area contributed by atoms with Gasteiger partial charge in [-0.15, -0.1) is 10.2 Å². The average molecular weight is 227 g/mol. The highest BCUT2D eigenvalue weighted by molar-refractivity contribution is 7.16. The zero-order valence-electron chi connectivity index (χ0n) is 8.89. The third-order valence-corrected chi connectivity index (χ3v) is 3.12. The number of fused-ring (bicyclic) bond motifs is 1. The fraction of sp³-hybridized carbons (Fsp3) is 0.625. The van der Waals surface area contributed by atoms with E-state index in [1.165, 1.54) is 11.3 Å². The molecule has 0 saturated heterocycles. The Kier molecular flexibility index (Phi) is 2.45. The van der Waals surface area contributed by atoms with Crippen LogP contribution in [0.3, 0.4) is 0 Å². The first-order chi connectivity index (χ1) is 7.02. The lowest BCUT2D eigenvalue weighted by Crippen LogP contribution is -2.28. The first-order valence-electron chi connectivity index (χ1n) is 4.52. The SMILES string of the molecule is COCc1nnc2sc(C(C)(C)N)nn12. The fourth-order valence-corrected chi connectivity index (χ4v) is 2.01. The van der Waals surface area contributed by atoms with Crippen molar-refractivity contribution >= 4 is 16.3 Å². The molecule has 6 nitrogen and oxygen atoms in total. The van der Waals surface area contributed by atoms with E-state index in [4.69, 9.17) is 10.5 Å². The predicted molar refractivity (Wildman–Crippen MR) is 56.6 cm³/mol. The zero-order valence-corrected chi connectivity index (χ0v) is 9.71. The van der Waals surface area contributed by atoms with Crippen LogP contribution in [-0.2, 0) is 16.9 Å². The minimum atomic E-state index is -0.449. The van der Waals surface area contributed by atoms with Crippen LogP contribution in [0.1, 0.15) is 24.7 Å². The molecule has 2 N–H and O–H groups in total. The summed E-state index contributed by atoms with van der Waals surface area (Å²) in [7, 11) is 1.61. The Morgan fingerprint density at radius 1 is 1.47 bits per heavy atom. The monoisotopic (exact) mass is 227 g/mol. The molecule has 2 heterocycles. The summed E-state index contributed by atoms with van der Waals surface area (Å²) in [5, 5.41) is 13.2. The summed E-state index contributed by atoms with van der Waals surface area (Å²) < 4.78 is 6.68. The maximum atomic E-state index is 5.96. The second-order valence-corrected chi connectivity index (χ2v) is 4.83. The lowest BCUT2D eigenvalue weighted by molar-refractivity contribution is 0.176. The minimum absolute atomic E-state index is 0.398. The Bertz CT molecular complexity index is 469. The highest BCUT2D eigenvalue weighted by Crippen LogP contribution is 2.23. The Hall–Kier alpha value is -1.05. The van der Waals surface area contributed by atoms with Gasteiger partial charge in [0, 0.05) is 7.11 Å². The molecule has 0 aromatic carbocycles. The molecule has 0 aliphatic heterocycles. The first kappa shape index (κ1) is 10.5. The van der Waals surface area contributed by atoms with Crippen molar-refractivity contribution in [2.45, 2.75) is 26.0 Å². The normalized spacial score (nSPS) is 12.5. The molecule has 0 aliphatic rings. The van der Waals surface area contributed by atoms with Crippen LogP contribution < -0.4 is 5.73 Å². The molecule has 0 radical (unpaired) electrons. The summed E-state index contributed by atoms with van der Waals surface area (Å²) in [6.07, 6.45) is 0. The van der Waals surface area contributed by atoms with Gasteiger partial charge in [-0.1, -0.05) is 11.3 Å². The average Bonchev–Trinajstić information content (AvgIpc) is 2.65. The van der Waals surface area contributed by atoms with Crippen LogP contribution in [-0.4, -0.2) is 26.9 Å². The molecule has 0 unspecified atom stereocenters. The number of aromatic nitrogens is 4. The van der Waals surface area contributed by atoms with Gasteiger partial charge in [0.1, 0.15) is 11.6 Å². The van der Waals surface area contributed by atoms with E-state index in [1.807, 2.05) is 13.8 Å². The van der Waals surface area contributed by atoms with Gasteiger partial charge in [-0.2, -0.15) is 9.61 Å². The van der Waals surface area contributed by atoms with E-state index in [9.17, 15) is 0 Å². The highest BCUT2D eigenvalue weighted by atomic mass is 32.1. The highest BCUT2D eigenvalue weighted by Gasteiger charge is 2.21. The topological polar surface area (TPSA) is 78.3 Å². The van der Waals surface area contributed by atoms with Gasteiger partial charge in [0.15, 0.2) is 5.82 Å². The van der Waals surface area contributed by atoms with E-state index in [2.05, 4.69) is 15.3 Å². The molecular formula is C8H13N5OS. The zero-order chi connectivity index (χ0) is 11.1. The maximum absolute atomic E-state index is 5.96. The molecule has 7 heteroatoms. The molecule has 0 amide bonds. The van der Waals surface area contributed by atoms with Crippen LogP contribution in [0.15, 0.2) is 0 Å². The van der Waals surface area contributed by atoms with E-state index in [-0.39, 0.29) is 0 Å². The molecule has 82 valence electrons. The number of nitrogens with zero attached hydrogens (tertiary/aromatic N) is 4. The van der Waals surface area contributed by atoms with Crippen molar-refractivity contribution in [2.24, 2.45) is 5.73 Å². The van der Waals surface area contributed by atoms with Gasteiger partial charge < -0.3 is 10.5 Å². The molecule has 0 saturated carbocycles. The Morgan fingerprint density at radius 3 is 2.80 bits per heavy atom. The van der Waals surface area contributed by atoms with Crippen LogP contribution in [0.4, 0.5) is 0 Å². The molecule has 15 heavy (non-hydrogen) atoms. The molecule has 2 aromatic heterocycles. The van der Waals surface area contributed by atoms with Crippen LogP contribution in [0.5, 0.6) is 0 Å². The van der Waals surface area contributed by atoms with Crippen LogP contribution in [0.2, 0.25) is 0 Å². The van der Waals surface area contributed by atoms with Crippen molar-refractivity contribution in [2.75, 3.05) is 7.11 Å². The lowest BCUT2D eigenvalue weighted by Gasteiger charge is -2.12. The summed E-state index contributed by atoms with van der Waals surface area (Å²) >= 11 is 1.45. The van der Waals surface area contributed by atoms with Crippen molar-refractivity contribution in [1.29, 1.82) is 0 Å². The third-order valence-electron chi connectivity index (χ3n) is 1.88. The van der Waals surface area contributed by atoms with E-state index in [1.54, 1.807) is 11.6 Å². The second-order valence-electron chi connectivity index (χ2n) is 3.87. The van der Waals surface area contributed by atoms with Gasteiger partial charge >= 0.3 is 0 Å². The summed E-state index contributed by atoms with van der Waals surface area (Å²) in [5.74, 6) is 0.694. The lowest BCUT2D eigenvalue weighted by atomic mass is 10.1. The number of methoxy groups -OCH3 is 1. The molecule has 0 spiro atoms. The minimum Gasteiger partial charge on any atom is -0.377 e. The first-order valence-corrected chi connectivity index (χ1v) is 5.33. The van der Waals surface area contributed by atoms with E-state index < -0.39 is 5.54 Å². The Labute approximate surface area is 91.1 Å². The Balaban J connectivity index is 2.48. The number of rotatable bonds is 3. The number of ether oxygens (including phenoxy) is 1. The van der Waals surface area contributed by atoms with E-state index in [0.717, 1.165) is 9.97 Å². The number of nitrogens with two attached hydrogens (primary N) is 1. The summed E-state index contributed by atoms with van der Waals surface area (Å²) in [6.45, 7) is 4.22. The Morgan fingerprint density at radius 2 is 2.20 bits per heavy atom. The molecule has 2 aromatic rings. The standard InChI is InChI=1S/C8H13N5OS/c1-8(2,9)6-12-13-5(4-14-3)10-11-7(13)15-6/h4,9H2,1-3H3. The van der Waals surface area contributed by atoms with Crippen LogP contribution >= 0.6 is 11.3 Å². The van der Waals surface area contributed by atoms with Gasteiger partial charge in [0.25, 0.3) is 0 Å². The van der Waals surface area contributed by atoms with Crippen LogP contribution in [0, 0.1) is 0 Å². The number of hydrogen-bond acceptors (Lipinski definition) is 6. The molecule has 2 rings (SSSR count). The van der Waals surface area contributed by atoms with Gasteiger partial charge in [0.2, 0.25) is 4.96 Å².